The number of rotatable bonds is 4. The van der Waals surface area contributed by atoms with Crippen molar-refractivity contribution in [2.45, 2.75) is 13.8 Å². The first-order valence-electron chi connectivity index (χ1n) is 8.58. The number of hydrogen-bond acceptors (Lipinski definition) is 6. The van der Waals surface area contributed by atoms with Crippen molar-refractivity contribution >= 4 is 34.8 Å². The highest BCUT2D eigenvalue weighted by atomic mass is 35.5. The minimum Gasteiger partial charge on any atom is -0.454 e. The molecular formula is C20H17ClN4O3. The summed E-state index contributed by atoms with van der Waals surface area (Å²) in [5.74, 6) is 1.21. The molecule has 0 atom stereocenters. The molecule has 0 fully saturated rings. The van der Waals surface area contributed by atoms with Gasteiger partial charge in [0.25, 0.3) is 5.91 Å². The van der Waals surface area contributed by atoms with Crippen molar-refractivity contribution in [2.24, 2.45) is 0 Å². The maximum atomic E-state index is 12.6. The second-order valence-corrected chi connectivity index (χ2v) is 6.74. The van der Waals surface area contributed by atoms with Gasteiger partial charge < -0.3 is 20.1 Å². The van der Waals surface area contributed by atoms with Gasteiger partial charge in [-0.25, -0.2) is 9.97 Å². The molecule has 1 aromatic heterocycles. The molecule has 1 aliphatic rings. The fourth-order valence-electron chi connectivity index (χ4n) is 2.71. The van der Waals surface area contributed by atoms with E-state index in [1.807, 2.05) is 19.1 Å². The third-order valence-electron chi connectivity index (χ3n) is 4.15. The van der Waals surface area contributed by atoms with E-state index in [9.17, 15) is 4.79 Å². The van der Waals surface area contributed by atoms with Crippen LogP contribution in [-0.4, -0.2) is 22.7 Å². The molecule has 1 amide bonds. The van der Waals surface area contributed by atoms with E-state index in [-0.39, 0.29) is 18.4 Å². The fourth-order valence-corrected chi connectivity index (χ4v) is 2.89. The van der Waals surface area contributed by atoms with E-state index in [1.54, 1.807) is 37.3 Å². The number of nitrogens with one attached hydrogen (secondary N) is 2. The smallest absolute Gasteiger partial charge is 0.274 e. The molecule has 142 valence electrons. The summed E-state index contributed by atoms with van der Waals surface area (Å²) in [6, 6.07) is 12.4. The molecule has 4 rings (SSSR count). The van der Waals surface area contributed by atoms with Gasteiger partial charge in [-0.2, -0.15) is 0 Å². The second-order valence-electron chi connectivity index (χ2n) is 6.33. The highest BCUT2D eigenvalue weighted by molar-refractivity contribution is 6.31. The molecule has 8 heteroatoms. The van der Waals surface area contributed by atoms with Crippen LogP contribution < -0.4 is 20.1 Å². The summed E-state index contributed by atoms with van der Waals surface area (Å²) < 4.78 is 10.6. The first-order chi connectivity index (χ1) is 13.5. The summed E-state index contributed by atoms with van der Waals surface area (Å²) in [6.07, 6.45) is 0. The molecule has 0 bridgehead atoms. The highest BCUT2D eigenvalue weighted by Gasteiger charge is 2.16. The first-order valence-corrected chi connectivity index (χ1v) is 8.95. The number of amides is 1. The Kier molecular flexibility index (Phi) is 4.75. The number of carbonyl (C=O) groups is 1. The summed E-state index contributed by atoms with van der Waals surface area (Å²) >= 11 is 6.16. The molecule has 28 heavy (non-hydrogen) atoms. The molecule has 0 unspecified atom stereocenters. The third-order valence-corrected chi connectivity index (χ3v) is 4.55. The van der Waals surface area contributed by atoms with Crippen molar-refractivity contribution < 1.29 is 14.3 Å². The van der Waals surface area contributed by atoms with E-state index in [4.69, 9.17) is 21.1 Å². The van der Waals surface area contributed by atoms with Crippen LogP contribution in [0.25, 0.3) is 0 Å². The summed E-state index contributed by atoms with van der Waals surface area (Å²) in [5, 5.41) is 6.53. The molecule has 0 saturated heterocycles. The Morgan fingerprint density at radius 1 is 1.00 bits per heavy atom. The Hall–Kier alpha value is -3.32. The van der Waals surface area contributed by atoms with Crippen LogP contribution in [0, 0.1) is 13.8 Å². The van der Waals surface area contributed by atoms with Crippen molar-refractivity contribution in [1.29, 1.82) is 0 Å². The van der Waals surface area contributed by atoms with Gasteiger partial charge in [-0.05, 0) is 49.7 Å². The van der Waals surface area contributed by atoms with Gasteiger partial charge in [-0.15, -0.1) is 0 Å². The lowest BCUT2D eigenvalue weighted by Gasteiger charge is -2.10. The number of nitrogens with zero attached hydrogens (tertiary/aromatic N) is 2. The molecule has 0 aliphatic carbocycles. The van der Waals surface area contributed by atoms with Gasteiger partial charge in [0.05, 0.1) is 0 Å². The minimum absolute atomic E-state index is 0.176. The molecule has 2 heterocycles. The van der Waals surface area contributed by atoms with E-state index in [1.165, 1.54) is 0 Å². The van der Waals surface area contributed by atoms with Crippen molar-refractivity contribution in [3.8, 4) is 11.5 Å². The maximum absolute atomic E-state index is 12.6. The van der Waals surface area contributed by atoms with Gasteiger partial charge in [-0.1, -0.05) is 17.7 Å². The molecule has 7 nitrogen and oxygen atoms in total. The van der Waals surface area contributed by atoms with Crippen molar-refractivity contribution in [1.82, 2.24) is 9.97 Å². The van der Waals surface area contributed by atoms with Crippen molar-refractivity contribution in [3.63, 3.8) is 0 Å². The number of aromatic nitrogens is 2. The average Bonchev–Trinajstić information content (AvgIpc) is 3.12. The standard InChI is InChI=1S/C20H17ClN4O3/c1-11-3-4-13(8-15(11)21)24-20-22-12(2)7-16(25-20)19(26)23-14-5-6-17-18(9-14)28-10-27-17/h3-9H,10H2,1-2H3,(H,23,26)(H,22,24,25). The number of aryl methyl sites for hydroxylation is 2. The quantitative estimate of drug-likeness (QED) is 0.676. The van der Waals surface area contributed by atoms with Crippen molar-refractivity contribution in [3.05, 3.63) is 64.4 Å². The number of halogens is 1. The van der Waals surface area contributed by atoms with Crippen LogP contribution in [0.2, 0.25) is 5.02 Å². The van der Waals surface area contributed by atoms with Crippen LogP contribution in [0.1, 0.15) is 21.7 Å². The summed E-state index contributed by atoms with van der Waals surface area (Å²) in [5.41, 5.74) is 3.20. The molecule has 2 N–H and O–H groups in total. The number of anilines is 3. The summed E-state index contributed by atoms with van der Waals surface area (Å²) in [4.78, 5) is 21.3. The second kappa shape index (κ2) is 7.36. The van der Waals surface area contributed by atoms with E-state index in [2.05, 4.69) is 20.6 Å². The lowest BCUT2D eigenvalue weighted by Crippen LogP contribution is -2.15. The minimum atomic E-state index is -0.352. The van der Waals surface area contributed by atoms with Gasteiger partial charge in [0.15, 0.2) is 11.5 Å². The molecule has 3 aromatic rings. The van der Waals surface area contributed by atoms with Gasteiger partial charge in [0, 0.05) is 28.2 Å². The molecule has 2 aromatic carbocycles. The normalized spacial score (nSPS) is 12.0. The van der Waals surface area contributed by atoms with Crippen LogP contribution in [0.3, 0.4) is 0 Å². The summed E-state index contributed by atoms with van der Waals surface area (Å²) in [7, 11) is 0. The van der Waals surface area contributed by atoms with Gasteiger partial charge >= 0.3 is 0 Å². The fraction of sp³-hybridized carbons (Fsp3) is 0.150. The molecule has 0 saturated carbocycles. The topological polar surface area (TPSA) is 85.4 Å². The Bertz CT molecular complexity index is 1070. The lowest BCUT2D eigenvalue weighted by molar-refractivity contribution is 0.102. The Labute approximate surface area is 166 Å². The molecule has 0 radical (unpaired) electrons. The molecular weight excluding hydrogens is 380 g/mol. The number of fused-ring (bicyclic) bond motifs is 1. The monoisotopic (exact) mass is 396 g/mol. The predicted octanol–water partition coefficient (Wildman–Crippen LogP) is 4.47. The lowest BCUT2D eigenvalue weighted by atomic mass is 10.2. The Morgan fingerprint density at radius 3 is 2.61 bits per heavy atom. The number of benzene rings is 2. The van der Waals surface area contributed by atoms with Crippen LogP contribution in [0.4, 0.5) is 17.3 Å². The molecule has 1 aliphatic heterocycles. The van der Waals surface area contributed by atoms with E-state index in [0.29, 0.717) is 33.9 Å². The zero-order valence-corrected chi connectivity index (χ0v) is 16.0. The van der Waals surface area contributed by atoms with E-state index < -0.39 is 0 Å². The third kappa shape index (κ3) is 3.84. The number of ether oxygens (including phenoxy) is 2. The van der Waals surface area contributed by atoms with Crippen LogP contribution in [0.5, 0.6) is 11.5 Å². The van der Waals surface area contributed by atoms with Crippen LogP contribution >= 0.6 is 11.6 Å². The average molecular weight is 397 g/mol. The van der Waals surface area contributed by atoms with Crippen LogP contribution in [0.15, 0.2) is 42.5 Å². The van der Waals surface area contributed by atoms with Crippen LogP contribution in [-0.2, 0) is 0 Å². The SMILES string of the molecule is Cc1cc(C(=O)Nc2ccc3c(c2)OCO3)nc(Nc2ccc(C)c(Cl)c2)n1. The predicted molar refractivity (Wildman–Crippen MR) is 107 cm³/mol. The number of hydrogen-bond donors (Lipinski definition) is 2. The first kappa shape index (κ1) is 18.1. The number of carbonyl (C=O) groups excluding carboxylic acids is 1. The largest absolute Gasteiger partial charge is 0.454 e. The van der Waals surface area contributed by atoms with Gasteiger partial charge in [-0.3, -0.25) is 4.79 Å². The Balaban J connectivity index is 1.54. The maximum Gasteiger partial charge on any atom is 0.274 e. The van der Waals surface area contributed by atoms with Gasteiger partial charge in [0.2, 0.25) is 12.7 Å². The Morgan fingerprint density at radius 2 is 1.79 bits per heavy atom. The zero-order chi connectivity index (χ0) is 19.7. The van der Waals surface area contributed by atoms with Crippen molar-refractivity contribution in [2.75, 3.05) is 17.4 Å². The van der Waals surface area contributed by atoms with Gasteiger partial charge in [0.1, 0.15) is 5.69 Å². The molecule has 0 spiro atoms. The van der Waals surface area contributed by atoms with E-state index >= 15 is 0 Å². The summed E-state index contributed by atoms with van der Waals surface area (Å²) in [6.45, 7) is 3.90. The van der Waals surface area contributed by atoms with E-state index in [0.717, 1.165) is 11.3 Å². The highest BCUT2D eigenvalue weighted by Crippen LogP contribution is 2.34. The zero-order valence-electron chi connectivity index (χ0n) is 15.2.